The number of urea groups is 1. The van der Waals surface area contributed by atoms with Gasteiger partial charge in [0.2, 0.25) is 0 Å². The van der Waals surface area contributed by atoms with Crippen molar-refractivity contribution in [2.75, 3.05) is 27.7 Å². The highest BCUT2D eigenvalue weighted by Crippen LogP contribution is 2.44. The number of ether oxygens (including phenoxy) is 2. The standard InChI is InChI=1S/C27H27N3O6/c1-16-20-12-19(34-5)11-10-18(20)14-30(16)15-27(25(32)28(3)26(33)29(27)4)24-13-21-22(35-17(2)31)8-6-7-9-23(21)36-24/h7-13H,1,6,14-15H2,2-5H3. The van der Waals surface area contributed by atoms with Gasteiger partial charge in [0.1, 0.15) is 23.0 Å². The molecule has 1 atom stereocenters. The minimum absolute atomic E-state index is 0.122. The van der Waals surface area contributed by atoms with Gasteiger partial charge >= 0.3 is 12.0 Å². The van der Waals surface area contributed by atoms with Crippen molar-refractivity contribution in [3.8, 4) is 5.75 Å². The minimum atomic E-state index is -1.46. The number of carbonyl (C=O) groups excluding carboxylic acids is 3. The summed E-state index contributed by atoms with van der Waals surface area (Å²) >= 11 is 0. The van der Waals surface area contributed by atoms with E-state index in [2.05, 4.69) is 6.58 Å². The summed E-state index contributed by atoms with van der Waals surface area (Å²) in [4.78, 5) is 43.0. The van der Waals surface area contributed by atoms with Crippen molar-refractivity contribution in [2.24, 2.45) is 0 Å². The maximum atomic E-state index is 13.8. The first-order valence-corrected chi connectivity index (χ1v) is 11.5. The number of likely N-dealkylation sites (N-methyl/N-ethyl adjacent to an activating group) is 2. The van der Waals surface area contributed by atoms with Gasteiger partial charge in [-0.3, -0.25) is 14.5 Å². The van der Waals surface area contributed by atoms with Crippen LogP contribution in [0.3, 0.4) is 0 Å². The molecule has 0 radical (unpaired) electrons. The number of nitrogens with zero attached hydrogens (tertiary/aromatic N) is 3. The van der Waals surface area contributed by atoms with E-state index in [9.17, 15) is 14.4 Å². The molecule has 1 aromatic carbocycles. The fourth-order valence-corrected chi connectivity index (χ4v) is 5.04. The van der Waals surface area contributed by atoms with Gasteiger partial charge in [-0.2, -0.15) is 0 Å². The number of allylic oxidation sites excluding steroid dienone is 2. The van der Waals surface area contributed by atoms with Gasteiger partial charge in [-0.1, -0.05) is 18.7 Å². The number of esters is 1. The van der Waals surface area contributed by atoms with Crippen LogP contribution in [0.2, 0.25) is 0 Å². The molecule has 1 saturated heterocycles. The summed E-state index contributed by atoms with van der Waals surface area (Å²) in [6.45, 7) is 6.23. The van der Waals surface area contributed by atoms with Crippen molar-refractivity contribution in [1.29, 1.82) is 0 Å². The Morgan fingerprint density at radius 3 is 2.64 bits per heavy atom. The summed E-state index contributed by atoms with van der Waals surface area (Å²) in [5.74, 6) is 0.918. The molecule has 0 N–H and O–H groups in total. The van der Waals surface area contributed by atoms with Gasteiger partial charge < -0.3 is 23.7 Å². The van der Waals surface area contributed by atoms with Crippen molar-refractivity contribution in [3.05, 3.63) is 71.2 Å². The Hall–Kier alpha value is -4.27. The number of rotatable bonds is 5. The van der Waals surface area contributed by atoms with Gasteiger partial charge in [-0.15, -0.1) is 0 Å². The third-order valence-electron chi connectivity index (χ3n) is 6.99. The molecule has 1 fully saturated rings. The first-order chi connectivity index (χ1) is 17.2. The number of methoxy groups -OCH3 is 1. The maximum Gasteiger partial charge on any atom is 0.327 e. The number of hydrogen-bond donors (Lipinski definition) is 0. The van der Waals surface area contributed by atoms with E-state index in [-0.39, 0.29) is 12.3 Å². The van der Waals surface area contributed by atoms with Crippen LogP contribution < -0.4 is 4.74 Å². The molecule has 3 heterocycles. The maximum absolute atomic E-state index is 13.8. The average Bonchev–Trinajstić information content (AvgIpc) is 3.42. The summed E-state index contributed by atoms with van der Waals surface area (Å²) in [6.07, 6.45) is 5.99. The van der Waals surface area contributed by atoms with Gasteiger partial charge in [0, 0.05) is 38.8 Å². The summed E-state index contributed by atoms with van der Waals surface area (Å²) < 4.78 is 17.0. The normalized spacial score (nSPS) is 20.9. The van der Waals surface area contributed by atoms with Crippen LogP contribution in [0.5, 0.6) is 5.75 Å². The number of benzene rings is 1. The third-order valence-corrected chi connectivity index (χ3v) is 6.99. The van der Waals surface area contributed by atoms with Gasteiger partial charge in [0.15, 0.2) is 5.54 Å². The second-order valence-electron chi connectivity index (χ2n) is 9.08. The van der Waals surface area contributed by atoms with Crippen molar-refractivity contribution < 1.29 is 28.3 Å². The zero-order valence-corrected chi connectivity index (χ0v) is 20.7. The Bertz CT molecular complexity index is 1370. The van der Waals surface area contributed by atoms with Crippen molar-refractivity contribution in [3.63, 3.8) is 0 Å². The number of amides is 3. The van der Waals surface area contributed by atoms with E-state index in [0.29, 0.717) is 35.8 Å². The van der Waals surface area contributed by atoms with Gasteiger partial charge in [0.25, 0.3) is 5.91 Å². The Labute approximate surface area is 208 Å². The smallest absolute Gasteiger partial charge is 0.327 e. The van der Waals surface area contributed by atoms with E-state index in [1.54, 1.807) is 32.4 Å². The fraction of sp³-hybridized carbons (Fsp3) is 0.296. The van der Waals surface area contributed by atoms with E-state index in [4.69, 9.17) is 13.9 Å². The lowest BCUT2D eigenvalue weighted by Crippen LogP contribution is -2.51. The zero-order valence-electron chi connectivity index (χ0n) is 20.7. The highest BCUT2D eigenvalue weighted by Gasteiger charge is 2.59. The quantitative estimate of drug-likeness (QED) is 0.466. The number of furan rings is 1. The van der Waals surface area contributed by atoms with E-state index >= 15 is 0 Å². The van der Waals surface area contributed by atoms with E-state index in [1.165, 1.54) is 18.9 Å². The van der Waals surface area contributed by atoms with E-state index < -0.39 is 23.4 Å². The molecule has 9 heteroatoms. The second-order valence-corrected chi connectivity index (χ2v) is 9.08. The summed E-state index contributed by atoms with van der Waals surface area (Å²) in [6, 6.07) is 7.02. The highest BCUT2D eigenvalue weighted by atomic mass is 16.5. The first-order valence-electron chi connectivity index (χ1n) is 11.5. The minimum Gasteiger partial charge on any atom is -0.497 e. The molecule has 1 aromatic heterocycles. The van der Waals surface area contributed by atoms with Crippen LogP contribution in [0.25, 0.3) is 17.5 Å². The Morgan fingerprint density at radius 2 is 1.97 bits per heavy atom. The average molecular weight is 490 g/mol. The fourth-order valence-electron chi connectivity index (χ4n) is 5.04. The van der Waals surface area contributed by atoms with Crippen molar-refractivity contribution in [1.82, 2.24) is 14.7 Å². The van der Waals surface area contributed by atoms with Crippen LogP contribution in [0.15, 0.2) is 47.4 Å². The SMILES string of the molecule is C=C1c2cc(OC)ccc2CN1CC1(c2cc3c(o2)C=CCC=C3OC(C)=O)C(=O)N(C)C(=O)N1C. The molecule has 1 unspecified atom stereocenters. The molecule has 3 aliphatic rings. The Kier molecular flexibility index (Phi) is 5.50. The lowest BCUT2D eigenvalue weighted by molar-refractivity contribution is -0.135. The summed E-state index contributed by atoms with van der Waals surface area (Å²) in [7, 11) is 4.65. The topological polar surface area (TPSA) is 92.5 Å². The molecule has 2 aliphatic heterocycles. The van der Waals surface area contributed by atoms with Crippen LogP contribution in [0.1, 0.15) is 41.6 Å². The number of fused-ring (bicyclic) bond motifs is 2. The predicted octanol–water partition coefficient (Wildman–Crippen LogP) is 3.81. The molecule has 0 spiro atoms. The Balaban J connectivity index is 1.60. The number of imide groups is 1. The van der Waals surface area contributed by atoms with Crippen molar-refractivity contribution in [2.45, 2.75) is 25.4 Å². The largest absolute Gasteiger partial charge is 0.497 e. The molecule has 3 amide bonds. The zero-order chi connectivity index (χ0) is 25.8. The van der Waals surface area contributed by atoms with Crippen LogP contribution in [0.4, 0.5) is 4.79 Å². The monoisotopic (exact) mass is 489 g/mol. The van der Waals surface area contributed by atoms with Gasteiger partial charge in [-0.25, -0.2) is 4.79 Å². The van der Waals surface area contributed by atoms with Crippen LogP contribution in [-0.4, -0.2) is 60.4 Å². The summed E-state index contributed by atoms with van der Waals surface area (Å²) in [5.41, 5.74) is 1.78. The van der Waals surface area contributed by atoms with Crippen LogP contribution >= 0.6 is 0 Å². The van der Waals surface area contributed by atoms with Gasteiger partial charge in [-0.05, 0) is 42.3 Å². The van der Waals surface area contributed by atoms with E-state index in [0.717, 1.165) is 21.7 Å². The number of carbonyl (C=O) groups is 3. The van der Waals surface area contributed by atoms with E-state index in [1.807, 2.05) is 29.2 Å². The highest BCUT2D eigenvalue weighted by molar-refractivity contribution is 6.07. The molecule has 1 aliphatic carbocycles. The summed E-state index contributed by atoms with van der Waals surface area (Å²) in [5, 5.41) is 0. The molecule has 186 valence electrons. The molecule has 2 aromatic rings. The van der Waals surface area contributed by atoms with Crippen LogP contribution in [-0.2, 0) is 26.4 Å². The Morgan fingerprint density at radius 1 is 1.19 bits per heavy atom. The first kappa shape index (κ1) is 23.5. The van der Waals surface area contributed by atoms with Crippen LogP contribution in [0, 0.1) is 0 Å². The molecular formula is C27H27N3O6. The molecule has 36 heavy (non-hydrogen) atoms. The van der Waals surface area contributed by atoms with Gasteiger partial charge in [0.05, 0.1) is 19.2 Å². The van der Waals surface area contributed by atoms with Crippen molar-refractivity contribution >= 4 is 35.4 Å². The molecule has 9 nitrogen and oxygen atoms in total. The third kappa shape index (κ3) is 3.42. The molecule has 0 bridgehead atoms. The second kappa shape index (κ2) is 8.44. The molecular weight excluding hydrogens is 462 g/mol. The lowest BCUT2D eigenvalue weighted by atomic mass is 9.92. The lowest BCUT2D eigenvalue weighted by Gasteiger charge is -2.35. The molecule has 0 saturated carbocycles. The number of hydrogen-bond acceptors (Lipinski definition) is 7. The molecule has 5 rings (SSSR count). The predicted molar refractivity (Wildman–Crippen MR) is 132 cm³/mol.